The zero-order valence-electron chi connectivity index (χ0n) is 9.67. The molecule has 0 unspecified atom stereocenters. The van der Waals surface area contributed by atoms with Gasteiger partial charge in [0.2, 0.25) is 0 Å². The highest BCUT2D eigenvalue weighted by Crippen LogP contribution is 2.44. The fourth-order valence-electron chi connectivity index (χ4n) is 1.60. The number of aliphatic hydroxyl groups is 1. The van der Waals surface area contributed by atoms with Crippen molar-refractivity contribution in [2.45, 2.75) is 12.8 Å². The molecule has 18 heavy (non-hydrogen) atoms. The second-order valence-electron chi connectivity index (χ2n) is 4.59. The van der Waals surface area contributed by atoms with Gasteiger partial charge in [0.25, 0.3) is 0 Å². The molecule has 1 fully saturated rings. The minimum Gasteiger partial charge on any atom is -0.396 e. The predicted octanol–water partition coefficient (Wildman–Crippen LogP) is 2.48. The SMILES string of the molecule is O=C(NCC1(CO)CC1)Nc1cc(F)ccc1Br. The van der Waals surface area contributed by atoms with E-state index in [1.54, 1.807) is 0 Å². The van der Waals surface area contributed by atoms with Crippen molar-refractivity contribution >= 4 is 27.6 Å². The lowest BCUT2D eigenvalue weighted by Gasteiger charge is -2.14. The first-order valence-corrected chi connectivity index (χ1v) is 6.45. The Bertz CT molecular complexity index is 463. The molecule has 6 heteroatoms. The second kappa shape index (κ2) is 5.24. The third-order valence-corrected chi connectivity index (χ3v) is 3.78. The van der Waals surface area contributed by atoms with E-state index in [4.69, 9.17) is 5.11 Å². The molecule has 1 aliphatic rings. The smallest absolute Gasteiger partial charge is 0.319 e. The van der Waals surface area contributed by atoms with Gasteiger partial charge in [-0.1, -0.05) is 0 Å². The summed E-state index contributed by atoms with van der Waals surface area (Å²) in [5, 5.41) is 14.3. The summed E-state index contributed by atoms with van der Waals surface area (Å²) >= 11 is 3.23. The van der Waals surface area contributed by atoms with Gasteiger partial charge in [-0.05, 0) is 47.0 Å². The lowest BCUT2D eigenvalue weighted by molar-refractivity contribution is 0.206. The van der Waals surface area contributed by atoms with Crippen molar-refractivity contribution in [2.24, 2.45) is 5.41 Å². The van der Waals surface area contributed by atoms with Crippen LogP contribution >= 0.6 is 15.9 Å². The number of aliphatic hydroxyl groups excluding tert-OH is 1. The van der Waals surface area contributed by atoms with Gasteiger partial charge in [0.1, 0.15) is 5.82 Å². The molecule has 0 bridgehead atoms. The quantitative estimate of drug-likeness (QED) is 0.799. The van der Waals surface area contributed by atoms with E-state index in [9.17, 15) is 9.18 Å². The van der Waals surface area contributed by atoms with Gasteiger partial charge in [-0.2, -0.15) is 0 Å². The van der Waals surface area contributed by atoms with Gasteiger partial charge in [-0.3, -0.25) is 0 Å². The van der Waals surface area contributed by atoms with Crippen LogP contribution in [0.15, 0.2) is 22.7 Å². The van der Waals surface area contributed by atoms with Crippen molar-refractivity contribution in [1.29, 1.82) is 0 Å². The average Bonchev–Trinajstić information content (AvgIpc) is 3.12. The Kier molecular flexibility index (Phi) is 3.87. The van der Waals surface area contributed by atoms with Gasteiger partial charge in [0, 0.05) is 16.4 Å². The summed E-state index contributed by atoms with van der Waals surface area (Å²) in [6, 6.07) is 3.67. The molecule has 3 N–H and O–H groups in total. The van der Waals surface area contributed by atoms with Gasteiger partial charge in [-0.25, -0.2) is 9.18 Å². The van der Waals surface area contributed by atoms with Crippen LogP contribution in [0.5, 0.6) is 0 Å². The third kappa shape index (κ3) is 3.20. The summed E-state index contributed by atoms with van der Waals surface area (Å²) in [6.07, 6.45) is 1.85. The number of carbonyl (C=O) groups is 1. The highest BCUT2D eigenvalue weighted by molar-refractivity contribution is 9.10. The summed E-state index contributed by atoms with van der Waals surface area (Å²) < 4.78 is 13.6. The molecule has 0 saturated heterocycles. The van der Waals surface area contributed by atoms with E-state index in [-0.39, 0.29) is 12.0 Å². The van der Waals surface area contributed by atoms with Crippen LogP contribution in [-0.4, -0.2) is 24.3 Å². The molecule has 98 valence electrons. The highest BCUT2D eigenvalue weighted by atomic mass is 79.9. The first-order valence-electron chi connectivity index (χ1n) is 5.65. The summed E-state index contributed by atoms with van der Waals surface area (Å²) in [5.41, 5.74) is 0.234. The summed E-state index contributed by atoms with van der Waals surface area (Å²) in [6.45, 7) is 0.513. The Hall–Kier alpha value is -1.14. The average molecular weight is 317 g/mol. The number of urea groups is 1. The van der Waals surface area contributed by atoms with Crippen molar-refractivity contribution in [3.05, 3.63) is 28.5 Å². The van der Waals surface area contributed by atoms with Gasteiger partial charge in [-0.15, -0.1) is 0 Å². The van der Waals surface area contributed by atoms with Crippen molar-refractivity contribution in [3.63, 3.8) is 0 Å². The molecule has 1 aliphatic carbocycles. The van der Waals surface area contributed by atoms with Crippen LogP contribution in [0.2, 0.25) is 0 Å². The number of hydrogen-bond donors (Lipinski definition) is 3. The monoisotopic (exact) mass is 316 g/mol. The molecule has 1 aromatic carbocycles. The number of nitrogens with one attached hydrogen (secondary N) is 2. The zero-order valence-corrected chi connectivity index (χ0v) is 11.3. The van der Waals surface area contributed by atoms with Gasteiger partial charge < -0.3 is 15.7 Å². The van der Waals surface area contributed by atoms with Gasteiger partial charge in [0.05, 0.1) is 12.3 Å². The number of benzene rings is 1. The van der Waals surface area contributed by atoms with E-state index in [1.165, 1.54) is 18.2 Å². The Morgan fingerprint density at radius 2 is 2.22 bits per heavy atom. The Morgan fingerprint density at radius 1 is 1.50 bits per heavy atom. The zero-order chi connectivity index (χ0) is 13.2. The molecule has 0 radical (unpaired) electrons. The lowest BCUT2D eigenvalue weighted by Crippen LogP contribution is -2.35. The maximum absolute atomic E-state index is 13.0. The van der Waals surface area contributed by atoms with Crippen molar-refractivity contribution < 1.29 is 14.3 Å². The molecule has 4 nitrogen and oxygen atoms in total. The molecular formula is C12H14BrFN2O2. The summed E-state index contributed by atoms with van der Waals surface area (Å²) in [4.78, 5) is 11.6. The van der Waals surface area contributed by atoms with Crippen LogP contribution in [0.3, 0.4) is 0 Å². The largest absolute Gasteiger partial charge is 0.396 e. The fraction of sp³-hybridized carbons (Fsp3) is 0.417. The number of halogens is 2. The van der Waals surface area contributed by atoms with Crippen LogP contribution in [0, 0.1) is 11.2 Å². The number of hydrogen-bond acceptors (Lipinski definition) is 2. The van der Waals surface area contributed by atoms with E-state index in [0.29, 0.717) is 16.7 Å². The maximum Gasteiger partial charge on any atom is 0.319 e. The van der Waals surface area contributed by atoms with Gasteiger partial charge in [0.15, 0.2) is 0 Å². The lowest BCUT2D eigenvalue weighted by atomic mass is 10.1. The molecule has 0 heterocycles. The van der Waals surface area contributed by atoms with E-state index in [2.05, 4.69) is 26.6 Å². The molecule has 1 aromatic rings. The van der Waals surface area contributed by atoms with Crippen LogP contribution < -0.4 is 10.6 Å². The minimum atomic E-state index is -0.414. The number of carbonyl (C=O) groups excluding carboxylic acids is 1. The number of amides is 2. The molecule has 0 atom stereocenters. The maximum atomic E-state index is 13.0. The Balaban J connectivity index is 1.89. The minimum absolute atomic E-state index is 0.0803. The van der Waals surface area contributed by atoms with Crippen molar-refractivity contribution in [2.75, 3.05) is 18.5 Å². The first-order chi connectivity index (χ1) is 8.54. The van der Waals surface area contributed by atoms with Crippen LogP contribution in [0.25, 0.3) is 0 Å². The van der Waals surface area contributed by atoms with E-state index in [1.807, 2.05) is 0 Å². The van der Waals surface area contributed by atoms with Crippen LogP contribution in [0.4, 0.5) is 14.9 Å². The van der Waals surface area contributed by atoms with E-state index < -0.39 is 11.8 Å². The van der Waals surface area contributed by atoms with Crippen LogP contribution in [-0.2, 0) is 0 Å². The standard InChI is InChI=1S/C12H14BrFN2O2/c13-9-2-1-8(14)5-10(9)16-11(18)15-6-12(7-17)3-4-12/h1-2,5,17H,3-4,6-7H2,(H2,15,16,18). The van der Waals surface area contributed by atoms with Crippen LogP contribution in [0.1, 0.15) is 12.8 Å². The highest BCUT2D eigenvalue weighted by Gasteiger charge is 2.42. The summed E-state index contributed by atoms with van der Waals surface area (Å²) in [7, 11) is 0. The second-order valence-corrected chi connectivity index (χ2v) is 5.44. The predicted molar refractivity (Wildman–Crippen MR) is 69.9 cm³/mol. The molecular weight excluding hydrogens is 303 g/mol. The van der Waals surface area contributed by atoms with E-state index >= 15 is 0 Å². The Labute approximate surface area is 113 Å². The fourth-order valence-corrected chi connectivity index (χ4v) is 1.94. The summed E-state index contributed by atoms with van der Waals surface area (Å²) in [5.74, 6) is -0.414. The molecule has 1 saturated carbocycles. The van der Waals surface area contributed by atoms with E-state index in [0.717, 1.165) is 12.8 Å². The molecule has 0 spiro atoms. The number of anilines is 1. The third-order valence-electron chi connectivity index (χ3n) is 3.09. The number of rotatable bonds is 4. The normalized spacial score (nSPS) is 16.2. The Morgan fingerprint density at radius 3 is 2.83 bits per heavy atom. The van der Waals surface area contributed by atoms with Gasteiger partial charge >= 0.3 is 6.03 Å². The molecule has 0 aliphatic heterocycles. The molecule has 2 amide bonds. The van der Waals surface area contributed by atoms with Crippen molar-refractivity contribution in [1.82, 2.24) is 5.32 Å². The topological polar surface area (TPSA) is 61.4 Å². The molecule has 2 rings (SSSR count). The molecule has 0 aromatic heterocycles. The van der Waals surface area contributed by atoms with Crippen molar-refractivity contribution in [3.8, 4) is 0 Å². The first kappa shape index (κ1) is 13.3.